The molecule has 0 amide bonds. The average molecular weight is 289 g/mol. The Bertz CT molecular complexity index is 307. The molecule has 0 bridgehead atoms. The molecule has 4 heteroatoms. The molecule has 0 radical (unpaired) electrons. The smallest absolute Gasteiger partial charge is 0.0830 e. The number of likely N-dealkylation sites (N-methyl/N-ethyl adjacent to an activating group) is 1. The maximum atomic E-state index is 6.29. The Morgan fingerprint density at radius 1 is 1.32 bits per heavy atom. The summed E-state index contributed by atoms with van der Waals surface area (Å²) < 4.78 is 6.29. The van der Waals surface area contributed by atoms with Gasteiger partial charge in [-0.05, 0) is 66.5 Å². The molecule has 0 aromatic rings. The highest BCUT2D eigenvalue weighted by Gasteiger charge is 2.59. The zero-order valence-corrected chi connectivity index (χ0v) is 14.6. The minimum Gasteiger partial charge on any atom is -0.368 e. The predicted octanol–water partition coefficient (Wildman–Crippen LogP) is 2.73. The van der Waals surface area contributed by atoms with Gasteiger partial charge in [0, 0.05) is 12.6 Å². The van der Waals surface area contributed by atoms with Gasteiger partial charge in [0.2, 0.25) is 0 Å². The fourth-order valence-electron chi connectivity index (χ4n) is 3.65. The van der Waals surface area contributed by atoms with Crippen LogP contribution in [0.2, 0.25) is 0 Å². The van der Waals surface area contributed by atoms with E-state index in [1.54, 1.807) is 0 Å². The summed E-state index contributed by atoms with van der Waals surface area (Å²) in [7, 11) is 2.21. The number of hydrogen-bond donors (Lipinski definition) is 1. The molecule has 19 heavy (non-hydrogen) atoms. The number of thioether (sulfide) groups is 1. The first kappa shape index (κ1) is 17.3. The summed E-state index contributed by atoms with van der Waals surface area (Å²) in [5.74, 6) is 1.19. The lowest BCUT2D eigenvalue weighted by Gasteiger charge is -2.48. The highest BCUT2D eigenvalue weighted by Crippen LogP contribution is 2.48. The molecule has 1 rings (SSSR count). The van der Waals surface area contributed by atoms with Gasteiger partial charge in [-0.3, -0.25) is 4.90 Å². The number of nitrogens with two attached hydrogens (primary N) is 1. The molecule has 2 N–H and O–H groups in total. The van der Waals surface area contributed by atoms with E-state index in [1.165, 1.54) is 12.2 Å². The van der Waals surface area contributed by atoms with E-state index in [1.807, 2.05) is 11.8 Å². The fourth-order valence-corrected chi connectivity index (χ4v) is 4.23. The molecule has 2 unspecified atom stereocenters. The Morgan fingerprint density at radius 3 is 2.26 bits per heavy atom. The van der Waals surface area contributed by atoms with Crippen LogP contribution < -0.4 is 5.73 Å². The van der Waals surface area contributed by atoms with Crippen LogP contribution in [0.5, 0.6) is 0 Å². The van der Waals surface area contributed by atoms with Crippen LogP contribution >= 0.6 is 11.8 Å². The van der Waals surface area contributed by atoms with Crippen LogP contribution in [0.25, 0.3) is 0 Å². The lowest BCUT2D eigenvalue weighted by molar-refractivity contribution is -0.105. The Hall–Kier alpha value is 0.230. The Balaban J connectivity index is 2.97. The van der Waals surface area contributed by atoms with E-state index in [0.29, 0.717) is 12.6 Å². The van der Waals surface area contributed by atoms with Gasteiger partial charge in [0.25, 0.3) is 0 Å². The molecule has 0 aliphatic carbocycles. The molecule has 1 aliphatic heterocycles. The first-order valence-corrected chi connectivity index (χ1v) is 8.63. The topological polar surface area (TPSA) is 38.5 Å². The molecule has 2 atom stereocenters. The first-order chi connectivity index (χ1) is 8.62. The van der Waals surface area contributed by atoms with Crippen molar-refractivity contribution in [3.63, 3.8) is 0 Å². The monoisotopic (exact) mass is 288 g/mol. The van der Waals surface area contributed by atoms with Crippen molar-refractivity contribution < 1.29 is 4.74 Å². The van der Waals surface area contributed by atoms with E-state index in [9.17, 15) is 0 Å². The van der Waals surface area contributed by atoms with Gasteiger partial charge in [0.05, 0.1) is 16.7 Å². The lowest BCUT2D eigenvalue weighted by Crippen LogP contribution is -2.64. The molecule has 0 aromatic carbocycles. The van der Waals surface area contributed by atoms with E-state index < -0.39 is 0 Å². The van der Waals surface area contributed by atoms with Crippen LogP contribution in [-0.4, -0.2) is 53.3 Å². The molecule has 0 aromatic heterocycles. The van der Waals surface area contributed by atoms with Gasteiger partial charge in [-0.2, -0.15) is 11.8 Å². The van der Waals surface area contributed by atoms with Crippen molar-refractivity contribution >= 4 is 11.8 Å². The van der Waals surface area contributed by atoms with Crippen molar-refractivity contribution in [2.75, 3.05) is 25.6 Å². The van der Waals surface area contributed by atoms with Crippen LogP contribution in [0.1, 0.15) is 47.5 Å². The molecule has 0 spiro atoms. The van der Waals surface area contributed by atoms with Gasteiger partial charge in [-0.15, -0.1) is 0 Å². The maximum Gasteiger partial charge on any atom is 0.0830 e. The van der Waals surface area contributed by atoms with Gasteiger partial charge in [-0.1, -0.05) is 0 Å². The number of rotatable bonds is 6. The third-order valence-corrected chi connectivity index (χ3v) is 5.43. The van der Waals surface area contributed by atoms with E-state index in [-0.39, 0.29) is 16.7 Å². The summed E-state index contributed by atoms with van der Waals surface area (Å²) in [6, 6.07) is 0.521. The van der Waals surface area contributed by atoms with Gasteiger partial charge in [-0.25, -0.2) is 0 Å². The third kappa shape index (κ3) is 3.29. The van der Waals surface area contributed by atoms with Crippen molar-refractivity contribution in [3.05, 3.63) is 0 Å². The Morgan fingerprint density at radius 2 is 1.89 bits per heavy atom. The SMILES string of the molecule is CSCCC(C)N(C)C1(CN)CC(C)(C)OC1(C)C. The summed E-state index contributed by atoms with van der Waals surface area (Å²) in [6.45, 7) is 11.7. The zero-order chi connectivity index (χ0) is 14.9. The second-order valence-corrected chi connectivity index (χ2v) is 8.01. The van der Waals surface area contributed by atoms with Gasteiger partial charge >= 0.3 is 0 Å². The number of nitrogens with zero attached hydrogens (tertiary/aromatic N) is 1. The van der Waals surface area contributed by atoms with Gasteiger partial charge in [0.15, 0.2) is 0 Å². The van der Waals surface area contributed by atoms with Crippen LogP contribution in [0, 0.1) is 0 Å². The minimum atomic E-state index is -0.215. The summed E-state index contributed by atoms with van der Waals surface area (Å²) in [5, 5.41) is 0. The normalized spacial score (nSPS) is 30.8. The minimum absolute atomic E-state index is 0.0751. The largest absolute Gasteiger partial charge is 0.368 e. The molecular formula is C15H32N2OS. The summed E-state index contributed by atoms with van der Waals surface area (Å²) in [5.41, 5.74) is 5.82. The van der Waals surface area contributed by atoms with Crippen LogP contribution in [0.4, 0.5) is 0 Å². The molecular weight excluding hydrogens is 256 g/mol. The van der Waals surface area contributed by atoms with E-state index in [4.69, 9.17) is 10.5 Å². The molecule has 1 saturated heterocycles. The van der Waals surface area contributed by atoms with Gasteiger partial charge < -0.3 is 10.5 Å². The summed E-state index contributed by atoms with van der Waals surface area (Å²) in [4.78, 5) is 2.47. The van der Waals surface area contributed by atoms with E-state index in [0.717, 1.165) is 6.42 Å². The Kier molecular flexibility index (Phi) is 5.39. The van der Waals surface area contributed by atoms with E-state index >= 15 is 0 Å². The quantitative estimate of drug-likeness (QED) is 0.815. The standard InChI is InChI=1S/C15H32N2OS/c1-12(8-9-19-7)17(6)15(11-16)10-13(2,3)18-14(15,4)5/h12H,8-11,16H2,1-7H3. The molecule has 1 aliphatic rings. The van der Waals surface area contributed by atoms with Crippen LogP contribution in [0.3, 0.4) is 0 Å². The number of ether oxygens (including phenoxy) is 1. The third-order valence-electron chi connectivity index (χ3n) is 4.78. The van der Waals surface area contributed by atoms with Crippen molar-refractivity contribution in [1.29, 1.82) is 0 Å². The highest BCUT2D eigenvalue weighted by atomic mass is 32.2. The lowest BCUT2D eigenvalue weighted by atomic mass is 9.77. The van der Waals surface area contributed by atoms with E-state index in [2.05, 4.69) is 52.8 Å². The van der Waals surface area contributed by atoms with Gasteiger partial charge in [0.1, 0.15) is 0 Å². The fraction of sp³-hybridized carbons (Fsp3) is 1.00. The molecule has 3 nitrogen and oxygen atoms in total. The molecule has 114 valence electrons. The second kappa shape index (κ2) is 5.92. The van der Waals surface area contributed by atoms with Crippen LogP contribution in [-0.2, 0) is 4.74 Å². The van der Waals surface area contributed by atoms with Crippen molar-refractivity contribution in [2.24, 2.45) is 5.73 Å². The van der Waals surface area contributed by atoms with Crippen molar-refractivity contribution in [3.8, 4) is 0 Å². The summed E-state index contributed by atoms with van der Waals surface area (Å²) in [6.07, 6.45) is 4.34. The average Bonchev–Trinajstić information content (AvgIpc) is 2.50. The van der Waals surface area contributed by atoms with Crippen molar-refractivity contribution in [1.82, 2.24) is 4.90 Å². The molecule has 1 fully saturated rings. The first-order valence-electron chi connectivity index (χ1n) is 7.24. The summed E-state index contributed by atoms with van der Waals surface area (Å²) >= 11 is 1.91. The highest BCUT2D eigenvalue weighted by molar-refractivity contribution is 7.98. The number of hydrogen-bond acceptors (Lipinski definition) is 4. The van der Waals surface area contributed by atoms with Crippen molar-refractivity contribution in [2.45, 2.75) is 70.2 Å². The maximum absolute atomic E-state index is 6.29. The zero-order valence-electron chi connectivity index (χ0n) is 13.7. The predicted molar refractivity (Wildman–Crippen MR) is 85.9 cm³/mol. The molecule has 1 heterocycles. The second-order valence-electron chi connectivity index (χ2n) is 7.03. The van der Waals surface area contributed by atoms with Crippen LogP contribution in [0.15, 0.2) is 0 Å². The Labute approximate surface area is 123 Å². The molecule has 0 saturated carbocycles.